The normalized spacial score (nSPS) is 10.3. The van der Waals surface area contributed by atoms with Crippen LogP contribution in [0.25, 0.3) is 0 Å². The SMILES string of the molecule is Nc1cc(Cl)cc(C(=O)Nc2c(F)cccc2Br)c1. The van der Waals surface area contributed by atoms with Crippen molar-refractivity contribution in [3.8, 4) is 0 Å². The number of benzene rings is 2. The van der Waals surface area contributed by atoms with Gasteiger partial charge in [-0.05, 0) is 46.3 Å². The van der Waals surface area contributed by atoms with Crippen LogP contribution in [0, 0.1) is 5.82 Å². The minimum absolute atomic E-state index is 0.0750. The molecule has 98 valence electrons. The topological polar surface area (TPSA) is 55.1 Å². The number of nitrogens with two attached hydrogens (primary N) is 1. The fraction of sp³-hybridized carbons (Fsp3) is 0. The van der Waals surface area contributed by atoms with E-state index in [2.05, 4.69) is 21.2 Å². The number of para-hydroxylation sites is 1. The molecule has 0 bridgehead atoms. The number of halogens is 3. The molecule has 0 spiro atoms. The Bertz CT molecular complexity index is 608. The summed E-state index contributed by atoms with van der Waals surface area (Å²) in [7, 11) is 0. The highest BCUT2D eigenvalue weighted by atomic mass is 79.9. The van der Waals surface area contributed by atoms with Gasteiger partial charge in [0.1, 0.15) is 5.82 Å². The molecule has 0 aliphatic heterocycles. The van der Waals surface area contributed by atoms with Gasteiger partial charge in [-0.3, -0.25) is 4.79 Å². The van der Waals surface area contributed by atoms with Crippen molar-refractivity contribution in [2.24, 2.45) is 0 Å². The smallest absolute Gasteiger partial charge is 0.255 e. The van der Waals surface area contributed by atoms with E-state index < -0.39 is 11.7 Å². The Morgan fingerprint density at radius 1 is 1.32 bits per heavy atom. The summed E-state index contributed by atoms with van der Waals surface area (Å²) in [5, 5.41) is 2.82. The molecule has 0 radical (unpaired) electrons. The van der Waals surface area contributed by atoms with Gasteiger partial charge < -0.3 is 11.1 Å². The zero-order valence-electron chi connectivity index (χ0n) is 9.58. The van der Waals surface area contributed by atoms with Crippen molar-refractivity contribution in [3.63, 3.8) is 0 Å². The average molecular weight is 344 g/mol. The van der Waals surface area contributed by atoms with Crippen LogP contribution in [0.4, 0.5) is 15.8 Å². The molecule has 0 aliphatic rings. The predicted molar refractivity (Wildman–Crippen MR) is 77.9 cm³/mol. The van der Waals surface area contributed by atoms with Crippen LogP contribution in [0.5, 0.6) is 0 Å². The Labute approximate surface area is 122 Å². The number of nitrogens with one attached hydrogen (secondary N) is 1. The molecule has 2 aromatic rings. The summed E-state index contributed by atoms with van der Waals surface area (Å²) in [6, 6.07) is 8.87. The summed E-state index contributed by atoms with van der Waals surface area (Å²) in [6.45, 7) is 0. The van der Waals surface area contributed by atoms with E-state index in [1.165, 1.54) is 30.3 Å². The van der Waals surface area contributed by atoms with Crippen molar-refractivity contribution in [2.75, 3.05) is 11.1 Å². The van der Waals surface area contributed by atoms with Crippen molar-refractivity contribution in [2.45, 2.75) is 0 Å². The van der Waals surface area contributed by atoms with E-state index in [0.29, 0.717) is 15.2 Å². The number of nitrogen functional groups attached to an aromatic ring is 1. The highest BCUT2D eigenvalue weighted by molar-refractivity contribution is 9.10. The van der Waals surface area contributed by atoms with Gasteiger partial charge >= 0.3 is 0 Å². The molecular formula is C13H9BrClFN2O. The van der Waals surface area contributed by atoms with Crippen LogP contribution in [0.1, 0.15) is 10.4 Å². The lowest BCUT2D eigenvalue weighted by molar-refractivity contribution is 0.102. The first-order valence-corrected chi connectivity index (χ1v) is 6.46. The van der Waals surface area contributed by atoms with Gasteiger partial charge in [-0.15, -0.1) is 0 Å². The first kappa shape index (κ1) is 13.8. The second-order valence-electron chi connectivity index (χ2n) is 3.82. The number of anilines is 2. The van der Waals surface area contributed by atoms with Crippen LogP contribution >= 0.6 is 27.5 Å². The second-order valence-corrected chi connectivity index (χ2v) is 5.11. The van der Waals surface area contributed by atoms with Gasteiger partial charge in [-0.2, -0.15) is 0 Å². The molecule has 0 atom stereocenters. The maximum atomic E-state index is 13.6. The van der Waals surface area contributed by atoms with Crippen molar-refractivity contribution in [1.82, 2.24) is 0 Å². The summed E-state index contributed by atoms with van der Waals surface area (Å²) >= 11 is 8.99. The van der Waals surface area contributed by atoms with Gasteiger partial charge in [0.25, 0.3) is 5.91 Å². The molecule has 3 N–H and O–H groups in total. The number of carbonyl (C=O) groups is 1. The van der Waals surface area contributed by atoms with E-state index in [9.17, 15) is 9.18 Å². The Hall–Kier alpha value is -1.59. The molecule has 19 heavy (non-hydrogen) atoms. The quantitative estimate of drug-likeness (QED) is 0.807. The third-order valence-corrected chi connectivity index (χ3v) is 3.26. The highest BCUT2D eigenvalue weighted by Gasteiger charge is 2.13. The number of amides is 1. The van der Waals surface area contributed by atoms with Crippen LogP contribution in [0.15, 0.2) is 40.9 Å². The van der Waals surface area contributed by atoms with E-state index in [1.807, 2.05) is 0 Å². The zero-order valence-corrected chi connectivity index (χ0v) is 11.9. The maximum absolute atomic E-state index is 13.6. The van der Waals surface area contributed by atoms with Gasteiger partial charge in [-0.1, -0.05) is 17.7 Å². The molecule has 1 amide bonds. The molecule has 0 aliphatic carbocycles. The number of rotatable bonds is 2. The minimum atomic E-state index is -0.530. The Balaban J connectivity index is 2.31. The van der Waals surface area contributed by atoms with E-state index in [4.69, 9.17) is 17.3 Å². The third kappa shape index (κ3) is 3.24. The molecule has 0 aromatic heterocycles. The number of carbonyl (C=O) groups excluding carboxylic acids is 1. The van der Waals surface area contributed by atoms with Crippen LogP contribution in [-0.2, 0) is 0 Å². The van der Waals surface area contributed by atoms with E-state index in [0.717, 1.165) is 0 Å². The average Bonchev–Trinajstić information content (AvgIpc) is 2.32. The molecule has 0 heterocycles. The second kappa shape index (κ2) is 5.59. The lowest BCUT2D eigenvalue weighted by Crippen LogP contribution is -2.13. The first-order chi connectivity index (χ1) is 8.97. The van der Waals surface area contributed by atoms with Crippen LogP contribution in [-0.4, -0.2) is 5.91 Å². The molecular weight excluding hydrogens is 335 g/mol. The summed E-state index contributed by atoms with van der Waals surface area (Å²) in [6.07, 6.45) is 0. The fourth-order valence-electron chi connectivity index (χ4n) is 1.55. The standard InChI is InChI=1S/C13H9BrClFN2O/c14-10-2-1-3-11(16)12(10)18-13(19)7-4-8(15)6-9(17)5-7/h1-6H,17H2,(H,18,19). The number of hydrogen-bond donors (Lipinski definition) is 2. The van der Waals surface area contributed by atoms with Crippen LogP contribution in [0.2, 0.25) is 5.02 Å². The van der Waals surface area contributed by atoms with Crippen LogP contribution in [0.3, 0.4) is 0 Å². The molecule has 0 unspecified atom stereocenters. The fourth-order valence-corrected chi connectivity index (χ4v) is 2.23. The Morgan fingerprint density at radius 2 is 2.05 bits per heavy atom. The van der Waals surface area contributed by atoms with Crippen molar-refractivity contribution >= 4 is 44.8 Å². The number of hydrogen-bond acceptors (Lipinski definition) is 2. The van der Waals surface area contributed by atoms with Gasteiger partial charge in [0.05, 0.1) is 5.69 Å². The van der Waals surface area contributed by atoms with Crippen molar-refractivity contribution < 1.29 is 9.18 Å². The van der Waals surface area contributed by atoms with E-state index >= 15 is 0 Å². The minimum Gasteiger partial charge on any atom is -0.399 e. The Morgan fingerprint density at radius 3 is 2.68 bits per heavy atom. The van der Waals surface area contributed by atoms with Gasteiger partial charge in [0.15, 0.2) is 0 Å². The van der Waals surface area contributed by atoms with Gasteiger partial charge in [-0.25, -0.2) is 4.39 Å². The molecule has 0 fully saturated rings. The van der Waals surface area contributed by atoms with Crippen molar-refractivity contribution in [1.29, 1.82) is 0 Å². The Kier molecular flexibility index (Phi) is 4.07. The third-order valence-electron chi connectivity index (χ3n) is 2.38. The molecule has 3 nitrogen and oxygen atoms in total. The largest absolute Gasteiger partial charge is 0.399 e. The maximum Gasteiger partial charge on any atom is 0.255 e. The lowest BCUT2D eigenvalue weighted by atomic mass is 10.2. The lowest BCUT2D eigenvalue weighted by Gasteiger charge is -2.09. The summed E-state index contributed by atoms with van der Waals surface area (Å²) in [4.78, 5) is 12.0. The summed E-state index contributed by atoms with van der Waals surface area (Å²) in [5.41, 5.74) is 6.31. The molecule has 0 saturated carbocycles. The van der Waals surface area contributed by atoms with E-state index in [-0.39, 0.29) is 11.3 Å². The summed E-state index contributed by atoms with van der Waals surface area (Å²) in [5.74, 6) is -1.02. The van der Waals surface area contributed by atoms with Crippen molar-refractivity contribution in [3.05, 3.63) is 57.3 Å². The molecule has 2 aromatic carbocycles. The van der Waals surface area contributed by atoms with Crippen LogP contribution < -0.4 is 11.1 Å². The van der Waals surface area contributed by atoms with Gasteiger partial charge in [0, 0.05) is 20.7 Å². The van der Waals surface area contributed by atoms with E-state index in [1.54, 1.807) is 6.07 Å². The molecule has 6 heteroatoms. The molecule has 0 saturated heterocycles. The van der Waals surface area contributed by atoms with Gasteiger partial charge in [0.2, 0.25) is 0 Å². The first-order valence-electron chi connectivity index (χ1n) is 5.29. The molecule has 2 rings (SSSR count). The predicted octanol–water partition coefficient (Wildman–Crippen LogP) is 4.08. The summed E-state index contributed by atoms with van der Waals surface area (Å²) < 4.78 is 14.0. The highest BCUT2D eigenvalue weighted by Crippen LogP contribution is 2.26. The zero-order chi connectivity index (χ0) is 14.0. The monoisotopic (exact) mass is 342 g/mol.